The van der Waals surface area contributed by atoms with E-state index in [1.165, 1.54) is 12.5 Å². The van der Waals surface area contributed by atoms with Crippen LogP contribution in [-0.4, -0.2) is 54.9 Å². The molecule has 7 heteroatoms. The number of rotatable bonds is 9. The maximum absolute atomic E-state index is 13.2. The van der Waals surface area contributed by atoms with E-state index in [4.69, 9.17) is 9.15 Å². The molecule has 2 heterocycles. The van der Waals surface area contributed by atoms with Crippen LogP contribution in [0, 0.1) is 5.92 Å². The second-order valence-corrected chi connectivity index (χ2v) is 9.51. The Bertz CT molecular complexity index is 1140. The van der Waals surface area contributed by atoms with E-state index in [1.807, 2.05) is 36.2 Å². The van der Waals surface area contributed by atoms with Gasteiger partial charge in [0.05, 0.1) is 13.4 Å². The molecule has 1 N–H and O–H groups in total. The minimum Gasteiger partial charge on any atom is -0.497 e. The Morgan fingerprint density at radius 1 is 1.08 bits per heavy atom. The zero-order chi connectivity index (χ0) is 25.5. The second kappa shape index (κ2) is 11.9. The van der Waals surface area contributed by atoms with Gasteiger partial charge in [0.1, 0.15) is 5.75 Å². The molecule has 36 heavy (non-hydrogen) atoms. The quantitative estimate of drug-likeness (QED) is 0.465. The number of hydrogen-bond donors (Lipinski definition) is 1. The Labute approximate surface area is 213 Å². The molecule has 1 aromatic heterocycles. The van der Waals surface area contributed by atoms with Crippen molar-refractivity contribution in [2.45, 2.75) is 38.8 Å². The number of nitrogens with zero attached hydrogens (tertiary/aromatic N) is 2. The average Bonchev–Trinajstić information content (AvgIpc) is 3.43. The molecule has 0 unspecified atom stereocenters. The molecule has 2 aromatic carbocycles. The Hall–Kier alpha value is -3.58. The van der Waals surface area contributed by atoms with Crippen LogP contribution in [-0.2, 0) is 17.8 Å². The largest absolute Gasteiger partial charge is 0.497 e. The maximum Gasteiger partial charge on any atom is 0.289 e. The zero-order valence-corrected chi connectivity index (χ0v) is 21.3. The van der Waals surface area contributed by atoms with Crippen molar-refractivity contribution in [1.29, 1.82) is 0 Å². The molecule has 1 aliphatic rings. The standard InChI is InChI=1S/C29H35N3O4/c1-21(33)30-25-11-9-22(10-12-25)20-32-15-13-24(14-16-32)27(19-23-6-4-7-26(18-23)35-3)31(2)29(34)28-8-5-17-36-28/h4-12,17-18,24,27H,13-16,19-20H2,1-3H3,(H,30,33)/t27-/m1/s1. The van der Waals surface area contributed by atoms with E-state index in [0.717, 1.165) is 55.9 Å². The molecule has 4 rings (SSSR count). The molecule has 1 aliphatic heterocycles. The number of likely N-dealkylation sites (N-methyl/N-ethyl adjacent to an activating group) is 1. The Balaban J connectivity index is 1.42. The van der Waals surface area contributed by atoms with Crippen LogP contribution in [0.2, 0.25) is 0 Å². The first-order valence-electron chi connectivity index (χ1n) is 12.5. The lowest BCUT2D eigenvalue weighted by molar-refractivity contribution is -0.114. The zero-order valence-electron chi connectivity index (χ0n) is 21.3. The number of anilines is 1. The van der Waals surface area contributed by atoms with E-state index in [1.54, 1.807) is 25.5 Å². The summed E-state index contributed by atoms with van der Waals surface area (Å²) in [7, 11) is 3.56. The lowest BCUT2D eigenvalue weighted by atomic mass is 9.84. The maximum atomic E-state index is 13.2. The second-order valence-electron chi connectivity index (χ2n) is 9.51. The van der Waals surface area contributed by atoms with E-state index in [2.05, 4.69) is 34.5 Å². The molecule has 0 spiro atoms. The summed E-state index contributed by atoms with van der Waals surface area (Å²) in [6, 6.07) is 19.6. The minimum atomic E-state index is -0.0883. The molecule has 0 aliphatic carbocycles. The highest BCUT2D eigenvalue weighted by Gasteiger charge is 2.32. The molecule has 1 fully saturated rings. The van der Waals surface area contributed by atoms with E-state index in [9.17, 15) is 9.59 Å². The average molecular weight is 490 g/mol. The molecule has 0 saturated carbocycles. The molecule has 190 valence electrons. The van der Waals surface area contributed by atoms with E-state index < -0.39 is 0 Å². The predicted molar refractivity (Wildman–Crippen MR) is 140 cm³/mol. The third-order valence-corrected chi connectivity index (χ3v) is 6.99. The number of amides is 2. The highest BCUT2D eigenvalue weighted by Crippen LogP contribution is 2.29. The van der Waals surface area contributed by atoms with Crippen molar-refractivity contribution < 1.29 is 18.7 Å². The summed E-state index contributed by atoms with van der Waals surface area (Å²) >= 11 is 0. The number of ether oxygens (including phenoxy) is 1. The van der Waals surface area contributed by atoms with Crippen LogP contribution in [0.1, 0.15) is 41.4 Å². The number of carbonyl (C=O) groups is 2. The molecule has 0 bridgehead atoms. The third-order valence-electron chi connectivity index (χ3n) is 6.99. The molecule has 7 nitrogen and oxygen atoms in total. The lowest BCUT2D eigenvalue weighted by Crippen LogP contribution is -2.47. The van der Waals surface area contributed by atoms with Crippen LogP contribution in [0.5, 0.6) is 5.75 Å². The summed E-state index contributed by atoms with van der Waals surface area (Å²) in [5.74, 6) is 1.41. The fraction of sp³-hybridized carbons (Fsp3) is 0.379. The number of benzene rings is 2. The van der Waals surface area contributed by atoms with Gasteiger partial charge < -0.3 is 19.4 Å². The van der Waals surface area contributed by atoms with E-state index in [0.29, 0.717) is 11.7 Å². The van der Waals surface area contributed by atoms with E-state index in [-0.39, 0.29) is 17.9 Å². The van der Waals surface area contributed by atoms with Crippen molar-refractivity contribution in [3.05, 3.63) is 83.8 Å². The van der Waals surface area contributed by atoms with Gasteiger partial charge in [0.15, 0.2) is 5.76 Å². The van der Waals surface area contributed by atoms with Gasteiger partial charge >= 0.3 is 0 Å². The van der Waals surface area contributed by atoms with Crippen LogP contribution >= 0.6 is 0 Å². The predicted octanol–water partition coefficient (Wildman–Crippen LogP) is 4.84. The SMILES string of the molecule is COc1cccc(C[C@H](C2CCN(Cc3ccc(NC(C)=O)cc3)CC2)N(C)C(=O)c2ccco2)c1. The molecule has 2 amide bonds. The smallest absolute Gasteiger partial charge is 0.289 e. The summed E-state index contributed by atoms with van der Waals surface area (Å²) in [5.41, 5.74) is 3.19. The van der Waals surface area contributed by atoms with Crippen molar-refractivity contribution in [2.75, 3.05) is 32.6 Å². The van der Waals surface area contributed by atoms with E-state index >= 15 is 0 Å². The highest BCUT2D eigenvalue weighted by molar-refractivity contribution is 5.91. The molecule has 0 radical (unpaired) electrons. The number of likely N-dealkylation sites (tertiary alicyclic amines) is 1. The van der Waals surface area contributed by atoms with Gasteiger partial charge in [-0.15, -0.1) is 0 Å². The van der Waals surface area contributed by atoms with Gasteiger partial charge in [-0.05, 0) is 85.8 Å². The summed E-state index contributed by atoms with van der Waals surface area (Å²) in [6.07, 6.45) is 4.32. The summed E-state index contributed by atoms with van der Waals surface area (Å²) < 4.78 is 10.8. The molecular weight excluding hydrogens is 454 g/mol. The van der Waals surface area contributed by atoms with Gasteiger partial charge in [0, 0.05) is 32.2 Å². The topological polar surface area (TPSA) is 75.0 Å². The number of nitrogens with one attached hydrogen (secondary N) is 1. The highest BCUT2D eigenvalue weighted by atomic mass is 16.5. The van der Waals surface area contributed by atoms with Crippen molar-refractivity contribution in [2.24, 2.45) is 5.92 Å². The normalized spacial score (nSPS) is 15.3. The first kappa shape index (κ1) is 25.5. The fourth-order valence-electron chi connectivity index (χ4n) is 5.04. The van der Waals surface area contributed by atoms with Gasteiger partial charge in [-0.1, -0.05) is 24.3 Å². The number of hydrogen-bond acceptors (Lipinski definition) is 5. The number of piperidine rings is 1. The summed E-state index contributed by atoms with van der Waals surface area (Å²) in [5, 5.41) is 2.81. The Morgan fingerprint density at radius 2 is 1.83 bits per heavy atom. The van der Waals surface area contributed by atoms with Crippen LogP contribution in [0.25, 0.3) is 0 Å². The number of furan rings is 1. The Kier molecular flexibility index (Phi) is 8.44. The van der Waals surface area contributed by atoms with Gasteiger partial charge in [-0.3, -0.25) is 14.5 Å². The van der Waals surface area contributed by atoms with Crippen LogP contribution in [0.4, 0.5) is 5.69 Å². The Morgan fingerprint density at radius 3 is 2.47 bits per heavy atom. The van der Waals surface area contributed by atoms with Crippen LogP contribution in [0.15, 0.2) is 71.3 Å². The van der Waals surface area contributed by atoms with Crippen molar-refractivity contribution in [3.8, 4) is 5.75 Å². The summed E-state index contributed by atoms with van der Waals surface area (Å²) in [4.78, 5) is 28.7. The molecular formula is C29H35N3O4. The van der Waals surface area contributed by atoms with Crippen LogP contribution < -0.4 is 10.1 Å². The fourth-order valence-corrected chi connectivity index (χ4v) is 5.04. The molecule has 1 saturated heterocycles. The third kappa shape index (κ3) is 6.55. The van der Waals surface area contributed by atoms with Gasteiger partial charge in [-0.25, -0.2) is 0 Å². The first-order valence-corrected chi connectivity index (χ1v) is 12.5. The lowest BCUT2D eigenvalue weighted by Gasteiger charge is -2.40. The van der Waals surface area contributed by atoms with Gasteiger partial charge in [0.2, 0.25) is 5.91 Å². The molecule has 1 atom stereocenters. The van der Waals surface area contributed by atoms with Crippen molar-refractivity contribution >= 4 is 17.5 Å². The monoisotopic (exact) mass is 489 g/mol. The molecule has 3 aromatic rings. The number of carbonyl (C=O) groups excluding carboxylic acids is 2. The summed E-state index contributed by atoms with van der Waals surface area (Å²) in [6.45, 7) is 4.32. The first-order chi connectivity index (χ1) is 17.4. The number of methoxy groups -OCH3 is 1. The minimum absolute atomic E-state index is 0.0498. The van der Waals surface area contributed by atoms with Crippen molar-refractivity contribution in [3.63, 3.8) is 0 Å². The van der Waals surface area contributed by atoms with Gasteiger partial charge in [0.25, 0.3) is 5.91 Å². The van der Waals surface area contributed by atoms with Crippen LogP contribution in [0.3, 0.4) is 0 Å². The van der Waals surface area contributed by atoms with Gasteiger partial charge in [-0.2, -0.15) is 0 Å². The van der Waals surface area contributed by atoms with Crippen molar-refractivity contribution in [1.82, 2.24) is 9.80 Å².